The summed E-state index contributed by atoms with van der Waals surface area (Å²) < 4.78 is 0. The largest absolute Gasteiger partial charge is 2.00 e. The van der Waals surface area contributed by atoms with E-state index in [1.807, 2.05) is 0 Å². The van der Waals surface area contributed by atoms with E-state index in [1.54, 1.807) is 0 Å². The summed E-state index contributed by atoms with van der Waals surface area (Å²) in [5.74, 6) is 0. The van der Waals surface area contributed by atoms with Crippen molar-refractivity contribution in [3.05, 3.63) is 0 Å². The van der Waals surface area contributed by atoms with Crippen molar-refractivity contribution in [1.82, 2.24) is 0 Å². The molecule has 0 aromatic carbocycles. The van der Waals surface area contributed by atoms with Gasteiger partial charge in [-0.15, -0.1) is 0 Å². The fourth-order valence-corrected chi connectivity index (χ4v) is 0. The van der Waals surface area contributed by atoms with Crippen LogP contribution in [0.25, 0.3) is 0 Å². The van der Waals surface area contributed by atoms with Crippen LogP contribution in [0.3, 0.4) is 0 Å². The molecule has 0 atom stereocenters. The van der Waals surface area contributed by atoms with E-state index in [9.17, 15) is 0 Å². The molecule has 25 heteroatoms. The second kappa shape index (κ2) is 78.1. The molecule has 15 nitrogen and oxygen atoms in total. The summed E-state index contributed by atoms with van der Waals surface area (Å²) in [6, 6.07) is 0. The van der Waals surface area contributed by atoms with E-state index in [0.29, 0.717) is 0 Å². The van der Waals surface area contributed by atoms with Crippen LogP contribution in [-0.4, -0.2) is 228 Å². The van der Waals surface area contributed by atoms with E-state index >= 15 is 0 Å². The van der Waals surface area contributed by atoms with Crippen LogP contribution < -0.4 is 60.3 Å². The van der Waals surface area contributed by atoms with E-state index in [-0.39, 0.29) is 199 Å². The molecular weight excluding hydrogens is 476 g/mol. The third-order valence-corrected chi connectivity index (χ3v) is 0. The van der Waals surface area contributed by atoms with Crippen LogP contribution in [0, 0.1) is 0 Å². The SMILES string of the molecule is O.O.O.[Ca+2].[Ca+2].[Ca+2].[Mg+2].[Mg+2].[Mg+2].[O-]B([O-])[O-].[O-]B([O-])[O-].[O-]B([O-])[O-].[O-]B([O-])[O-]. The standard InChI is InChI=1S/4BO3.3Ca.3Mg.3H2O/c4*2-1(3)4;;;;;;;;;/h;;;;;;;;;;3*1H2/q4*-3;6*+2;;;. The van der Waals surface area contributed by atoms with Gasteiger partial charge in [-0.25, -0.2) is 0 Å². The third-order valence-electron chi connectivity index (χ3n) is 0. The van der Waals surface area contributed by atoms with Crippen molar-refractivity contribution in [1.29, 1.82) is 0 Å². The monoisotopic (exact) mass is 482 g/mol. The number of hydrogen-bond donors (Lipinski definition) is 0. The van der Waals surface area contributed by atoms with Gasteiger partial charge in [-0.2, -0.15) is 0 Å². The van der Waals surface area contributed by atoms with Crippen molar-refractivity contribution in [2.45, 2.75) is 0 Å². The minimum atomic E-state index is -2.92. The van der Waals surface area contributed by atoms with Gasteiger partial charge in [-0.05, 0) is 0 Å². The Bertz CT molecular complexity index is 83.0. The molecule has 0 amide bonds. The summed E-state index contributed by atoms with van der Waals surface area (Å²) in [5.41, 5.74) is 0. The fourth-order valence-electron chi connectivity index (χ4n) is 0. The summed E-state index contributed by atoms with van der Waals surface area (Å²) in [5, 5.41) is 101. The van der Waals surface area contributed by atoms with Crippen molar-refractivity contribution in [3.8, 4) is 0 Å². The maximum atomic E-state index is 8.42. The van der Waals surface area contributed by atoms with Crippen LogP contribution in [0.1, 0.15) is 0 Å². The van der Waals surface area contributed by atoms with Crippen LogP contribution in [-0.2, 0) is 0 Å². The molecular formula is H6B4Ca3Mg3O15. The van der Waals surface area contributed by atoms with Gasteiger partial charge in [0.25, 0.3) is 0 Å². The zero-order chi connectivity index (χ0) is 14.3. The van der Waals surface area contributed by atoms with Crippen LogP contribution in [0.4, 0.5) is 0 Å². The number of rotatable bonds is 0. The zero-order valence-electron chi connectivity index (χ0n) is 13.0. The van der Waals surface area contributed by atoms with E-state index in [2.05, 4.69) is 0 Å². The first kappa shape index (κ1) is 86.4. The van der Waals surface area contributed by atoms with Gasteiger partial charge in [0.15, 0.2) is 0 Å². The van der Waals surface area contributed by atoms with Gasteiger partial charge in [0.1, 0.15) is 0 Å². The molecule has 0 aromatic heterocycles. The molecule has 0 fully saturated rings. The summed E-state index contributed by atoms with van der Waals surface area (Å²) in [4.78, 5) is 0. The van der Waals surface area contributed by atoms with Crippen LogP contribution in [0.5, 0.6) is 0 Å². The molecule has 0 spiro atoms. The molecule has 6 N–H and O–H groups in total. The minimum absolute atomic E-state index is 0. The van der Waals surface area contributed by atoms with Gasteiger partial charge in [-0.3, -0.25) is 29.3 Å². The van der Waals surface area contributed by atoms with Gasteiger partial charge in [-0.1, -0.05) is 0 Å². The maximum Gasteiger partial charge on any atom is 2.00 e. The predicted octanol–water partition coefficient (Wildman–Crippen LogP) is -20.6. The molecule has 0 heterocycles. The van der Waals surface area contributed by atoms with E-state index in [0.717, 1.165) is 0 Å². The second-order valence-corrected chi connectivity index (χ2v) is 1.15. The first-order valence-electron chi connectivity index (χ1n) is 2.83. The van der Waals surface area contributed by atoms with Gasteiger partial charge in [0.05, 0.1) is 0 Å². The molecule has 120 valence electrons. The molecule has 0 saturated heterocycles. The van der Waals surface area contributed by atoms with Gasteiger partial charge < -0.3 is 76.7 Å². The molecule has 0 saturated carbocycles. The van der Waals surface area contributed by atoms with Crippen LogP contribution in [0.15, 0.2) is 0 Å². The molecule has 0 bridgehead atoms. The maximum absolute atomic E-state index is 8.42. The Morgan fingerprint density at radius 3 is 0.280 bits per heavy atom. The molecule has 0 aliphatic carbocycles. The Morgan fingerprint density at radius 1 is 0.280 bits per heavy atom. The van der Waals surface area contributed by atoms with Gasteiger partial charge >= 0.3 is 182 Å². The first-order valence-corrected chi connectivity index (χ1v) is 2.83. The third kappa shape index (κ3) is 695. The summed E-state index contributed by atoms with van der Waals surface area (Å²) in [7, 11) is -11.7. The molecule has 0 radical (unpaired) electrons. The van der Waals surface area contributed by atoms with E-state index in [4.69, 9.17) is 60.3 Å². The summed E-state index contributed by atoms with van der Waals surface area (Å²) >= 11 is 0. The fraction of sp³-hybridized carbons (Fsp3) is 0. The van der Waals surface area contributed by atoms with Gasteiger partial charge in [0.2, 0.25) is 0 Å². The molecule has 0 aliphatic rings. The van der Waals surface area contributed by atoms with E-state index < -0.39 is 29.3 Å². The Labute approximate surface area is 282 Å². The van der Waals surface area contributed by atoms with Crippen molar-refractivity contribution in [2.24, 2.45) is 0 Å². The minimum Gasteiger partial charge on any atom is -0.907 e. The molecule has 0 unspecified atom stereocenters. The van der Waals surface area contributed by atoms with Crippen molar-refractivity contribution >= 4 is 212 Å². The normalized spacial score (nSPS) is 4.32. The first-order chi connectivity index (χ1) is 6.93. The van der Waals surface area contributed by atoms with E-state index in [1.165, 1.54) is 0 Å². The van der Waals surface area contributed by atoms with Crippen LogP contribution in [0.2, 0.25) is 0 Å². The topological polar surface area (TPSA) is 371 Å². The second-order valence-electron chi connectivity index (χ2n) is 1.15. The Hall–Kier alpha value is 5.74. The Morgan fingerprint density at radius 2 is 0.280 bits per heavy atom. The quantitative estimate of drug-likeness (QED) is 0.290. The smallest absolute Gasteiger partial charge is 0.907 e. The molecule has 0 aliphatic heterocycles. The summed E-state index contributed by atoms with van der Waals surface area (Å²) in [6.45, 7) is 0. The number of hydrogen-bond acceptors (Lipinski definition) is 12. The Balaban J connectivity index is -0.00000000623. The Kier molecular flexibility index (Phi) is 270. The molecule has 0 rings (SSSR count). The average Bonchev–Trinajstić information content (AvgIpc) is 1.76. The summed E-state index contributed by atoms with van der Waals surface area (Å²) in [6.07, 6.45) is 0. The average molecular weight is 482 g/mol. The van der Waals surface area contributed by atoms with Crippen molar-refractivity contribution < 1.29 is 76.7 Å². The predicted molar refractivity (Wildman–Crippen MR) is 68.4 cm³/mol. The molecule has 25 heavy (non-hydrogen) atoms. The molecule has 0 aromatic rings. The van der Waals surface area contributed by atoms with Crippen molar-refractivity contribution in [3.63, 3.8) is 0 Å². The zero-order valence-corrected chi connectivity index (χ0v) is 23.8. The van der Waals surface area contributed by atoms with Gasteiger partial charge in [0, 0.05) is 0 Å². The van der Waals surface area contributed by atoms with Crippen LogP contribution >= 0.6 is 0 Å². The van der Waals surface area contributed by atoms with Crippen molar-refractivity contribution in [2.75, 3.05) is 0 Å².